The second-order valence-corrected chi connectivity index (χ2v) is 5.42. The van der Waals surface area contributed by atoms with E-state index in [4.69, 9.17) is 6.42 Å². The van der Waals surface area contributed by atoms with Crippen LogP contribution in [0.1, 0.15) is 18.9 Å². The van der Waals surface area contributed by atoms with Gasteiger partial charge in [0, 0.05) is 28.3 Å². The Hall–Kier alpha value is -1.07. The first-order valence-corrected chi connectivity index (χ1v) is 6.27. The van der Waals surface area contributed by atoms with Gasteiger partial charge in [0.05, 0.1) is 0 Å². The van der Waals surface area contributed by atoms with Crippen molar-refractivity contribution in [2.24, 2.45) is 0 Å². The molecule has 0 aliphatic carbocycles. The average Bonchev–Trinajstić information content (AvgIpc) is 2.64. The van der Waals surface area contributed by atoms with Crippen molar-refractivity contribution in [1.82, 2.24) is 0 Å². The minimum atomic E-state index is 0.595. The van der Waals surface area contributed by atoms with Crippen LogP contribution in [0.4, 0.5) is 5.69 Å². The van der Waals surface area contributed by atoms with Crippen molar-refractivity contribution in [3.8, 4) is 12.3 Å². The van der Waals surface area contributed by atoms with E-state index in [1.807, 2.05) is 30.0 Å². The van der Waals surface area contributed by atoms with Crippen LogP contribution in [0.3, 0.4) is 0 Å². The Balaban J connectivity index is 2.02. The van der Waals surface area contributed by atoms with Crippen LogP contribution in [-0.4, -0.2) is 17.0 Å². The molecule has 0 radical (unpaired) electrons. The first-order chi connectivity index (χ1) is 7.28. The number of hydrogen-bond acceptors (Lipinski definition) is 2. The van der Waals surface area contributed by atoms with Crippen LogP contribution in [0, 0.1) is 12.3 Å². The summed E-state index contributed by atoms with van der Waals surface area (Å²) in [4.78, 5) is 0. The fourth-order valence-corrected chi connectivity index (χ4v) is 3.00. The van der Waals surface area contributed by atoms with Crippen LogP contribution in [0.2, 0.25) is 0 Å². The molecule has 0 saturated carbocycles. The number of anilines is 1. The van der Waals surface area contributed by atoms with Gasteiger partial charge in [-0.3, -0.25) is 0 Å². The number of terminal acetylenes is 1. The van der Waals surface area contributed by atoms with Crippen LogP contribution in [-0.2, 0) is 0 Å². The van der Waals surface area contributed by atoms with Gasteiger partial charge >= 0.3 is 0 Å². The van der Waals surface area contributed by atoms with Gasteiger partial charge in [0.1, 0.15) is 0 Å². The summed E-state index contributed by atoms with van der Waals surface area (Å²) in [5, 5.41) is 4.31. The molecule has 1 aromatic rings. The molecule has 78 valence electrons. The monoisotopic (exact) mass is 217 g/mol. The van der Waals surface area contributed by atoms with Gasteiger partial charge in [0.15, 0.2) is 0 Å². The molecule has 1 aromatic carbocycles. The molecule has 2 rings (SSSR count). The molecule has 1 heterocycles. The quantitative estimate of drug-likeness (QED) is 0.764. The first kappa shape index (κ1) is 10.4. The molecule has 1 aliphatic heterocycles. The molecule has 1 saturated heterocycles. The Morgan fingerprint density at radius 3 is 3.07 bits per heavy atom. The number of nitrogens with one attached hydrogen (secondary N) is 1. The maximum Gasteiger partial charge on any atom is 0.0362 e. The maximum absolute atomic E-state index is 5.37. The van der Waals surface area contributed by atoms with Gasteiger partial charge in [-0.1, -0.05) is 18.9 Å². The predicted molar refractivity (Wildman–Crippen MR) is 68.3 cm³/mol. The third-order valence-electron chi connectivity index (χ3n) is 2.60. The van der Waals surface area contributed by atoms with Crippen molar-refractivity contribution in [2.75, 3.05) is 11.1 Å². The molecule has 1 nitrogen and oxygen atoms in total. The Bertz CT molecular complexity index is 380. The first-order valence-electron chi connectivity index (χ1n) is 5.23. The molecule has 2 heteroatoms. The summed E-state index contributed by atoms with van der Waals surface area (Å²) in [7, 11) is 0. The van der Waals surface area contributed by atoms with Crippen molar-refractivity contribution in [3.05, 3.63) is 29.8 Å². The van der Waals surface area contributed by atoms with Gasteiger partial charge in [-0.2, -0.15) is 11.8 Å². The Morgan fingerprint density at radius 1 is 1.53 bits per heavy atom. The third kappa shape index (κ3) is 2.70. The number of benzene rings is 1. The van der Waals surface area contributed by atoms with Gasteiger partial charge in [0.2, 0.25) is 0 Å². The fraction of sp³-hybridized carbons (Fsp3) is 0.385. The van der Waals surface area contributed by atoms with Crippen molar-refractivity contribution in [2.45, 2.75) is 24.6 Å². The van der Waals surface area contributed by atoms with Crippen molar-refractivity contribution < 1.29 is 0 Å². The lowest BCUT2D eigenvalue weighted by atomic mass is 10.1. The Labute approximate surface area is 95.7 Å². The van der Waals surface area contributed by atoms with Gasteiger partial charge < -0.3 is 5.32 Å². The van der Waals surface area contributed by atoms with Gasteiger partial charge in [-0.15, -0.1) is 6.42 Å². The molecular weight excluding hydrogens is 202 g/mol. The van der Waals surface area contributed by atoms with Crippen LogP contribution in [0.5, 0.6) is 0 Å². The zero-order valence-electron chi connectivity index (χ0n) is 8.86. The van der Waals surface area contributed by atoms with Crippen LogP contribution in [0.25, 0.3) is 0 Å². The van der Waals surface area contributed by atoms with E-state index in [0.29, 0.717) is 6.04 Å². The summed E-state index contributed by atoms with van der Waals surface area (Å²) >= 11 is 2.03. The summed E-state index contributed by atoms with van der Waals surface area (Å²) in [6, 6.07) is 8.67. The summed E-state index contributed by atoms with van der Waals surface area (Å²) in [6.07, 6.45) is 6.61. The maximum atomic E-state index is 5.37. The lowest BCUT2D eigenvalue weighted by Gasteiger charge is -2.13. The number of rotatable bonds is 2. The van der Waals surface area contributed by atoms with E-state index in [-0.39, 0.29) is 0 Å². The molecule has 0 bridgehead atoms. The summed E-state index contributed by atoms with van der Waals surface area (Å²) in [5.74, 6) is 3.85. The third-order valence-corrected chi connectivity index (χ3v) is 3.95. The minimum Gasteiger partial charge on any atom is -0.381 e. The largest absolute Gasteiger partial charge is 0.381 e. The minimum absolute atomic E-state index is 0.595. The van der Waals surface area contributed by atoms with Gasteiger partial charge in [-0.25, -0.2) is 0 Å². The molecule has 15 heavy (non-hydrogen) atoms. The fourth-order valence-electron chi connectivity index (χ4n) is 1.85. The standard InChI is InChI=1S/C13H15NS/c1-3-11-5-4-6-12(8-11)14-13-7-10(2)15-9-13/h1,4-6,8,10,13-14H,7,9H2,2H3. The van der Waals surface area contributed by atoms with Crippen molar-refractivity contribution in [3.63, 3.8) is 0 Å². The van der Waals surface area contributed by atoms with Crippen LogP contribution in [0.15, 0.2) is 24.3 Å². The van der Waals surface area contributed by atoms with Crippen LogP contribution < -0.4 is 5.32 Å². The smallest absolute Gasteiger partial charge is 0.0362 e. The highest BCUT2D eigenvalue weighted by molar-refractivity contribution is 8.00. The summed E-state index contributed by atoms with van der Waals surface area (Å²) in [6.45, 7) is 2.28. The molecule has 1 aliphatic rings. The van der Waals surface area contributed by atoms with E-state index in [0.717, 1.165) is 16.5 Å². The normalized spacial score (nSPS) is 24.8. The summed E-state index contributed by atoms with van der Waals surface area (Å²) < 4.78 is 0. The predicted octanol–water partition coefficient (Wildman–Crippen LogP) is 2.97. The molecule has 2 unspecified atom stereocenters. The summed E-state index contributed by atoms with van der Waals surface area (Å²) in [5.41, 5.74) is 2.09. The lowest BCUT2D eigenvalue weighted by molar-refractivity contribution is 0.747. The molecule has 1 fully saturated rings. The zero-order chi connectivity index (χ0) is 10.7. The highest BCUT2D eigenvalue weighted by atomic mass is 32.2. The van der Waals surface area contributed by atoms with E-state index in [2.05, 4.69) is 24.2 Å². The average molecular weight is 217 g/mol. The van der Waals surface area contributed by atoms with E-state index >= 15 is 0 Å². The van der Waals surface area contributed by atoms with E-state index < -0.39 is 0 Å². The molecule has 0 spiro atoms. The van der Waals surface area contributed by atoms with Crippen LogP contribution >= 0.6 is 11.8 Å². The van der Waals surface area contributed by atoms with E-state index in [1.165, 1.54) is 12.2 Å². The topological polar surface area (TPSA) is 12.0 Å². The highest BCUT2D eigenvalue weighted by Crippen LogP contribution is 2.28. The number of hydrogen-bond donors (Lipinski definition) is 1. The Morgan fingerprint density at radius 2 is 2.40 bits per heavy atom. The van der Waals surface area contributed by atoms with Crippen molar-refractivity contribution in [1.29, 1.82) is 0 Å². The second kappa shape index (κ2) is 4.63. The SMILES string of the molecule is C#Cc1cccc(NC2CSC(C)C2)c1. The number of thioether (sulfide) groups is 1. The van der Waals surface area contributed by atoms with E-state index in [9.17, 15) is 0 Å². The van der Waals surface area contributed by atoms with Gasteiger partial charge in [0.25, 0.3) is 0 Å². The molecule has 0 aromatic heterocycles. The Kier molecular flexibility index (Phi) is 3.23. The van der Waals surface area contributed by atoms with Gasteiger partial charge in [-0.05, 0) is 24.6 Å². The molecule has 0 amide bonds. The highest BCUT2D eigenvalue weighted by Gasteiger charge is 2.21. The molecule has 2 atom stereocenters. The lowest BCUT2D eigenvalue weighted by Crippen LogP contribution is -2.18. The van der Waals surface area contributed by atoms with Crippen molar-refractivity contribution >= 4 is 17.4 Å². The zero-order valence-corrected chi connectivity index (χ0v) is 9.68. The molecular formula is C13H15NS. The second-order valence-electron chi connectivity index (χ2n) is 3.95. The van der Waals surface area contributed by atoms with E-state index in [1.54, 1.807) is 0 Å². The molecule has 1 N–H and O–H groups in total.